The molecule has 0 unspecified atom stereocenters. The molecule has 0 amide bonds. The summed E-state index contributed by atoms with van der Waals surface area (Å²) < 4.78 is 0. The Hall–Kier alpha value is -0.740. The predicted octanol–water partition coefficient (Wildman–Crippen LogP) is 1.55. The van der Waals surface area contributed by atoms with Crippen molar-refractivity contribution in [2.45, 2.75) is 13.5 Å². The highest BCUT2D eigenvalue weighted by atomic mass is 32.2. The number of aryl methyl sites for hydroxylation is 1. The number of hydrogen-bond donors (Lipinski definition) is 2. The molecule has 1 rings (SSSR count). The van der Waals surface area contributed by atoms with E-state index in [1.54, 1.807) is 23.9 Å². The summed E-state index contributed by atoms with van der Waals surface area (Å²) in [5, 5.41) is 12.7. The van der Waals surface area contributed by atoms with Gasteiger partial charge in [-0.05, 0) is 25.3 Å². The van der Waals surface area contributed by atoms with Crippen molar-refractivity contribution >= 4 is 11.8 Å². The van der Waals surface area contributed by atoms with Gasteiger partial charge in [0.1, 0.15) is 5.75 Å². The van der Waals surface area contributed by atoms with Gasteiger partial charge in [0.15, 0.2) is 0 Å². The molecule has 0 atom stereocenters. The second-order valence-corrected chi connectivity index (χ2v) is 4.07. The van der Waals surface area contributed by atoms with Gasteiger partial charge in [0, 0.05) is 24.5 Å². The molecule has 0 aromatic carbocycles. The Morgan fingerprint density at radius 1 is 1.50 bits per heavy atom. The van der Waals surface area contributed by atoms with Gasteiger partial charge in [-0.1, -0.05) is 0 Å². The van der Waals surface area contributed by atoms with Gasteiger partial charge < -0.3 is 10.4 Å². The number of thioether (sulfide) groups is 1. The minimum absolute atomic E-state index is 0.271. The minimum atomic E-state index is 0.271. The van der Waals surface area contributed by atoms with Gasteiger partial charge in [-0.15, -0.1) is 0 Å². The average Bonchev–Trinajstić information content (AvgIpc) is 2.18. The van der Waals surface area contributed by atoms with Gasteiger partial charge in [-0.25, -0.2) is 0 Å². The predicted molar refractivity (Wildman–Crippen MR) is 60.7 cm³/mol. The smallest absolute Gasteiger partial charge is 0.138 e. The molecule has 0 saturated carbocycles. The molecule has 0 radical (unpaired) electrons. The highest BCUT2D eigenvalue weighted by Gasteiger charge is 2.01. The number of aromatic hydroxyl groups is 1. The second-order valence-electron chi connectivity index (χ2n) is 3.09. The van der Waals surface area contributed by atoms with Crippen LogP contribution >= 0.6 is 11.8 Å². The fourth-order valence-electron chi connectivity index (χ4n) is 1.11. The summed E-state index contributed by atoms with van der Waals surface area (Å²) in [7, 11) is 0. The topological polar surface area (TPSA) is 45.2 Å². The van der Waals surface area contributed by atoms with E-state index in [0.29, 0.717) is 6.54 Å². The molecule has 0 saturated heterocycles. The summed E-state index contributed by atoms with van der Waals surface area (Å²) in [5.41, 5.74) is 1.66. The average molecular weight is 212 g/mol. The maximum Gasteiger partial charge on any atom is 0.138 e. The van der Waals surface area contributed by atoms with E-state index in [1.165, 1.54) is 0 Å². The molecule has 2 N–H and O–H groups in total. The first-order valence-electron chi connectivity index (χ1n) is 4.59. The van der Waals surface area contributed by atoms with Gasteiger partial charge in [0.25, 0.3) is 0 Å². The molecule has 1 heterocycles. The molecule has 0 fully saturated rings. The molecule has 0 aliphatic rings. The van der Waals surface area contributed by atoms with Crippen molar-refractivity contribution in [1.29, 1.82) is 0 Å². The van der Waals surface area contributed by atoms with Gasteiger partial charge in [-0.3, -0.25) is 4.98 Å². The third kappa shape index (κ3) is 3.55. The lowest BCUT2D eigenvalue weighted by atomic mass is 10.3. The standard InChI is InChI=1S/C10H16N2OS/c1-8-3-4-10(13)9(12-8)7-11-5-6-14-2/h3-4,11,13H,5-7H2,1-2H3. The van der Waals surface area contributed by atoms with Crippen molar-refractivity contribution in [2.24, 2.45) is 0 Å². The van der Waals surface area contributed by atoms with Crippen LogP contribution in [0.3, 0.4) is 0 Å². The highest BCUT2D eigenvalue weighted by molar-refractivity contribution is 7.98. The van der Waals surface area contributed by atoms with Crippen LogP contribution in [-0.4, -0.2) is 28.6 Å². The van der Waals surface area contributed by atoms with Crippen molar-refractivity contribution in [1.82, 2.24) is 10.3 Å². The van der Waals surface area contributed by atoms with Crippen LogP contribution in [0.2, 0.25) is 0 Å². The molecule has 14 heavy (non-hydrogen) atoms. The van der Waals surface area contributed by atoms with Crippen LogP contribution in [0.5, 0.6) is 5.75 Å². The van der Waals surface area contributed by atoms with E-state index >= 15 is 0 Å². The monoisotopic (exact) mass is 212 g/mol. The summed E-state index contributed by atoms with van der Waals surface area (Å²) in [6, 6.07) is 3.49. The van der Waals surface area contributed by atoms with Crippen LogP contribution in [0.1, 0.15) is 11.4 Å². The van der Waals surface area contributed by atoms with Crippen molar-refractivity contribution in [3.63, 3.8) is 0 Å². The van der Waals surface area contributed by atoms with Gasteiger partial charge in [-0.2, -0.15) is 11.8 Å². The van der Waals surface area contributed by atoms with Crippen LogP contribution in [0, 0.1) is 6.92 Å². The lowest BCUT2D eigenvalue weighted by molar-refractivity contribution is 0.460. The second kappa shape index (κ2) is 5.88. The van der Waals surface area contributed by atoms with Gasteiger partial charge in [0.05, 0.1) is 5.69 Å². The highest BCUT2D eigenvalue weighted by Crippen LogP contribution is 2.13. The Kier molecular flexibility index (Phi) is 4.76. The molecule has 0 spiro atoms. The number of nitrogens with zero attached hydrogens (tertiary/aromatic N) is 1. The Morgan fingerprint density at radius 3 is 3.00 bits per heavy atom. The maximum atomic E-state index is 9.48. The van der Waals surface area contributed by atoms with E-state index < -0.39 is 0 Å². The van der Waals surface area contributed by atoms with Crippen molar-refractivity contribution in [3.05, 3.63) is 23.5 Å². The fourth-order valence-corrected chi connectivity index (χ4v) is 1.46. The number of hydrogen-bond acceptors (Lipinski definition) is 4. The van der Waals surface area contributed by atoms with Crippen molar-refractivity contribution in [3.8, 4) is 5.75 Å². The van der Waals surface area contributed by atoms with E-state index in [-0.39, 0.29) is 5.75 Å². The molecule has 1 aromatic heterocycles. The zero-order valence-corrected chi connectivity index (χ0v) is 9.40. The SMILES string of the molecule is CSCCNCc1nc(C)ccc1O. The largest absolute Gasteiger partial charge is 0.506 e. The Balaban J connectivity index is 2.45. The Morgan fingerprint density at radius 2 is 2.29 bits per heavy atom. The van der Waals surface area contributed by atoms with E-state index in [4.69, 9.17) is 0 Å². The quantitative estimate of drug-likeness (QED) is 0.727. The number of pyridine rings is 1. The lowest BCUT2D eigenvalue weighted by Crippen LogP contribution is -2.17. The zero-order chi connectivity index (χ0) is 10.4. The molecule has 78 valence electrons. The number of nitrogens with one attached hydrogen (secondary N) is 1. The normalized spacial score (nSPS) is 10.4. The molecular weight excluding hydrogens is 196 g/mol. The van der Waals surface area contributed by atoms with Crippen LogP contribution in [-0.2, 0) is 6.54 Å². The summed E-state index contributed by atoms with van der Waals surface area (Å²) in [6.07, 6.45) is 2.07. The van der Waals surface area contributed by atoms with E-state index in [1.807, 2.05) is 6.92 Å². The Labute approximate surface area is 88.9 Å². The van der Waals surface area contributed by atoms with Crippen LogP contribution in [0.15, 0.2) is 12.1 Å². The summed E-state index contributed by atoms with van der Waals surface area (Å²) in [5.74, 6) is 1.35. The minimum Gasteiger partial charge on any atom is -0.506 e. The lowest BCUT2D eigenvalue weighted by Gasteiger charge is -2.05. The van der Waals surface area contributed by atoms with Crippen LogP contribution in [0.4, 0.5) is 0 Å². The molecule has 0 bridgehead atoms. The van der Waals surface area contributed by atoms with E-state index in [0.717, 1.165) is 23.7 Å². The summed E-state index contributed by atoms with van der Waals surface area (Å²) in [6.45, 7) is 3.50. The van der Waals surface area contributed by atoms with Gasteiger partial charge in [0.2, 0.25) is 0 Å². The number of aromatic nitrogens is 1. The molecule has 0 aliphatic heterocycles. The molecule has 3 nitrogen and oxygen atoms in total. The summed E-state index contributed by atoms with van der Waals surface area (Å²) >= 11 is 1.80. The Bertz CT molecular complexity index is 291. The first-order valence-corrected chi connectivity index (χ1v) is 5.98. The molecular formula is C10H16N2OS. The van der Waals surface area contributed by atoms with Crippen molar-refractivity contribution in [2.75, 3.05) is 18.6 Å². The van der Waals surface area contributed by atoms with Crippen LogP contribution < -0.4 is 5.32 Å². The third-order valence-electron chi connectivity index (χ3n) is 1.86. The maximum absolute atomic E-state index is 9.48. The fraction of sp³-hybridized carbons (Fsp3) is 0.500. The van der Waals surface area contributed by atoms with E-state index in [2.05, 4.69) is 16.6 Å². The van der Waals surface area contributed by atoms with Gasteiger partial charge >= 0.3 is 0 Å². The molecule has 4 heteroatoms. The summed E-state index contributed by atoms with van der Waals surface area (Å²) in [4.78, 5) is 4.25. The van der Waals surface area contributed by atoms with Crippen molar-refractivity contribution < 1.29 is 5.11 Å². The first kappa shape index (κ1) is 11.3. The number of rotatable bonds is 5. The molecule has 1 aromatic rings. The zero-order valence-electron chi connectivity index (χ0n) is 8.58. The van der Waals surface area contributed by atoms with E-state index in [9.17, 15) is 5.11 Å². The third-order valence-corrected chi connectivity index (χ3v) is 2.48. The first-order chi connectivity index (χ1) is 6.74. The van der Waals surface area contributed by atoms with Crippen LogP contribution in [0.25, 0.3) is 0 Å². The molecule has 0 aliphatic carbocycles.